The predicted molar refractivity (Wildman–Crippen MR) is 90.9 cm³/mol. The van der Waals surface area contributed by atoms with E-state index in [0.29, 0.717) is 29.5 Å². The minimum absolute atomic E-state index is 0.322. The third-order valence-electron chi connectivity index (χ3n) is 3.96. The SMILES string of the molecule is CCOC(=O)c1cnc(-c2ccccn2)nc1N1CCN(C)CC1. The van der Waals surface area contributed by atoms with Gasteiger partial charge in [-0.3, -0.25) is 4.98 Å². The largest absolute Gasteiger partial charge is 0.462 e. The zero-order chi connectivity index (χ0) is 16.9. The van der Waals surface area contributed by atoms with Gasteiger partial charge in [0.15, 0.2) is 5.82 Å². The summed E-state index contributed by atoms with van der Waals surface area (Å²) in [6.07, 6.45) is 3.25. The summed E-state index contributed by atoms with van der Waals surface area (Å²) in [4.78, 5) is 29.9. The van der Waals surface area contributed by atoms with Gasteiger partial charge in [0.05, 0.1) is 6.61 Å². The van der Waals surface area contributed by atoms with Crippen LogP contribution >= 0.6 is 0 Å². The second-order valence-corrected chi connectivity index (χ2v) is 5.66. The molecule has 0 atom stereocenters. The summed E-state index contributed by atoms with van der Waals surface area (Å²) in [5.74, 6) is 0.744. The molecule has 2 aromatic rings. The average molecular weight is 327 g/mol. The van der Waals surface area contributed by atoms with E-state index in [1.807, 2.05) is 18.2 Å². The van der Waals surface area contributed by atoms with Gasteiger partial charge in [-0.05, 0) is 26.1 Å². The average Bonchev–Trinajstić information content (AvgIpc) is 2.63. The van der Waals surface area contributed by atoms with Crippen LogP contribution < -0.4 is 4.90 Å². The second-order valence-electron chi connectivity index (χ2n) is 5.66. The van der Waals surface area contributed by atoms with Gasteiger partial charge in [0.25, 0.3) is 0 Å². The molecule has 3 heterocycles. The third kappa shape index (κ3) is 3.51. The first-order valence-corrected chi connectivity index (χ1v) is 8.08. The molecule has 0 amide bonds. The molecule has 2 aromatic heterocycles. The molecule has 7 nitrogen and oxygen atoms in total. The quantitative estimate of drug-likeness (QED) is 0.787. The molecule has 126 valence electrons. The number of ether oxygens (including phenoxy) is 1. The number of piperazine rings is 1. The van der Waals surface area contributed by atoms with Gasteiger partial charge in [0, 0.05) is 38.6 Å². The van der Waals surface area contributed by atoms with Gasteiger partial charge in [-0.15, -0.1) is 0 Å². The molecule has 0 radical (unpaired) electrons. The summed E-state index contributed by atoms with van der Waals surface area (Å²) >= 11 is 0. The van der Waals surface area contributed by atoms with E-state index in [4.69, 9.17) is 4.74 Å². The Balaban J connectivity index is 1.99. The number of carbonyl (C=O) groups excluding carboxylic acids is 1. The molecule has 0 unspecified atom stereocenters. The Morgan fingerprint density at radius 3 is 2.67 bits per heavy atom. The van der Waals surface area contributed by atoms with Gasteiger partial charge in [-0.1, -0.05) is 6.07 Å². The van der Waals surface area contributed by atoms with Crippen molar-refractivity contribution in [2.45, 2.75) is 6.92 Å². The number of carbonyl (C=O) groups is 1. The minimum atomic E-state index is -0.390. The Morgan fingerprint density at radius 1 is 1.21 bits per heavy atom. The number of aromatic nitrogens is 3. The van der Waals surface area contributed by atoms with Crippen LogP contribution in [0.25, 0.3) is 11.5 Å². The molecule has 1 aliphatic rings. The number of nitrogens with zero attached hydrogens (tertiary/aromatic N) is 5. The van der Waals surface area contributed by atoms with Gasteiger partial charge in [-0.25, -0.2) is 14.8 Å². The van der Waals surface area contributed by atoms with Crippen LogP contribution in [0, 0.1) is 0 Å². The first-order valence-electron chi connectivity index (χ1n) is 8.08. The van der Waals surface area contributed by atoms with Crippen molar-refractivity contribution in [1.82, 2.24) is 19.9 Å². The van der Waals surface area contributed by atoms with E-state index in [-0.39, 0.29) is 5.97 Å². The first-order chi connectivity index (χ1) is 11.7. The Labute approximate surface area is 141 Å². The molecular formula is C17H21N5O2. The highest BCUT2D eigenvalue weighted by atomic mass is 16.5. The predicted octanol–water partition coefficient (Wildman–Crippen LogP) is 1.47. The van der Waals surface area contributed by atoms with Crippen molar-refractivity contribution in [2.24, 2.45) is 0 Å². The van der Waals surface area contributed by atoms with E-state index < -0.39 is 0 Å². The lowest BCUT2D eigenvalue weighted by molar-refractivity contribution is 0.0526. The highest BCUT2D eigenvalue weighted by Gasteiger charge is 2.24. The molecule has 1 saturated heterocycles. The highest BCUT2D eigenvalue weighted by molar-refractivity contribution is 5.94. The Bertz CT molecular complexity index is 699. The first kappa shape index (κ1) is 16.3. The van der Waals surface area contributed by atoms with Crippen LogP contribution in [0.2, 0.25) is 0 Å². The van der Waals surface area contributed by atoms with Crippen LogP contribution in [0.5, 0.6) is 0 Å². The number of anilines is 1. The van der Waals surface area contributed by atoms with Gasteiger partial charge < -0.3 is 14.5 Å². The highest BCUT2D eigenvalue weighted by Crippen LogP contribution is 2.23. The standard InChI is InChI=1S/C17H21N5O2/c1-3-24-17(23)13-12-19-15(14-6-4-5-7-18-14)20-16(13)22-10-8-21(2)9-11-22/h4-7,12H,3,8-11H2,1-2H3. The molecule has 0 saturated carbocycles. The summed E-state index contributed by atoms with van der Waals surface area (Å²) in [7, 11) is 2.09. The molecule has 24 heavy (non-hydrogen) atoms. The van der Waals surface area contributed by atoms with Crippen molar-refractivity contribution in [3.05, 3.63) is 36.2 Å². The molecule has 0 aromatic carbocycles. The van der Waals surface area contributed by atoms with Crippen molar-refractivity contribution in [2.75, 3.05) is 44.7 Å². The molecule has 1 aliphatic heterocycles. The zero-order valence-electron chi connectivity index (χ0n) is 14.0. The summed E-state index contributed by atoms with van der Waals surface area (Å²) in [6.45, 7) is 5.57. The lowest BCUT2D eigenvalue weighted by Crippen LogP contribution is -2.45. The number of rotatable bonds is 4. The lowest BCUT2D eigenvalue weighted by Gasteiger charge is -2.34. The number of hydrogen-bond acceptors (Lipinski definition) is 7. The summed E-state index contributed by atoms with van der Waals surface area (Å²) in [5.41, 5.74) is 1.09. The maximum absolute atomic E-state index is 12.3. The molecule has 7 heteroatoms. The van der Waals surface area contributed by atoms with Gasteiger partial charge in [-0.2, -0.15) is 0 Å². The fourth-order valence-electron chi connectivity index (χ4n) is 2.60. The van der Waals surface area contributed by atoms with E-state index in [2.05, 4.69) is 31.8 Å². The van der Waals surface area contributed by atoms with Crippen molar-refractivity contribution in [1.29, 1.82) is 0 Å². The van der Waals surface area contributed by atoms with Crippen molar-refractivity contribution in [3.63, 3.8) is 0 Å². The van der Waals surface area contributed by atoms with Crippen LogP contribution in [-0.4, -0.2) is 65.7 Å². The van der Waals surface area contributed by atoms with Gasteiger partial charge >= 0.3 is 5.97 Å². The van der Waals surface area contributed by atoms with Crippen LogP contribution in [0.4, 0.5) is 5.82 Å². The van der Waals surface area contributed by atoms with Crippen molar-refractivity contribution < 1.29 is 9.53 Å². The smallest absolute Gasteiger partial charge is 0.343 e. The number of pyridine rings is 1. The Hall–Kier alpha value is -2.54. The summed E-state index contributed by atoms with van der Waals surface area (Å²) in [6, 6.07) is 5.59. The topological polar surface area (TPSA) is 71.4 Å². The number of esters is 1. The van der Waals surface area contributed by atoms with E-state index in [1.54, 1.807) is 19.3 Å². The second kappa shape index (κ2) is 7.35. The fourth-order valence-corrected chi connectivity index (χ4v) is 2.60. The fraction of sp³-hybridized carbons (Fsp3) is 0.412. The van der Waals surface area contributed by atoms with E-state index >= 15 is 0 Å². The van der Waals surface area contributed by atoms with Gasteiger partial charge in [0.1, 0.15) is 17.1 Å². The van der Waals surface area contributed by atoms with Crippen LogP contribution in [0.3, 0.4) is 0 Å². The van der Waals surface area contributed by atoms with Crippen molar-refractivity contribution >= 4 is 11.8 Å². The molecule has 0 bridgehead atoms. The van der Waals surface area contributed by atoms with Gasteiger partial charge in [0.2, 0.25) is 0 Å². The van der Waals surface area contributed by atoms with Crippen LogP contribution in [0.15, 0.2) is 30.6 Å². The monoisotopic (exact) mass is 327 g/mol. The van der Waals surface area contributed by atoms with Crippen LogP contribution in [0.1, 0.15) is 17.3 Å². The molecule has 0 N–H and O–H groups in total. The molecule has 1 fully saturated rings. The lowest BCUT2D eigenvalue weighted by atomic mass is 10.2. The maximum atomic E-state index is 12.3. The number of hydrogen-bond donors (Lipinski definition) is 0. The van der Waals surface area contributed by atoms with E-state index in [1.165, 1.54) is 0 Å². The molecular weight excluding hydrogens is 306 g/mol. The van der Waals surface area contributed by atoms with Crippen LogP contribution in [-0.2, 0) is 4.74 Å². The zero-order valence-corrected chi connectivity index (χ0v) is 14.0. The van der Waals surface area contributed by atoms with E-state index in [9.17, 15) is 4.79 Å². The normalized spacial score (nSPS) is 15.3. The molecule has 0 spiro atoms. The molecule has 0 aliphatic carbocycles. The summed E-state index contributed by atoms with van der Waals surface area (Å²) in [5, 5.41) is 0. The van der Waals surface area contributed by atoms with E-state index in [0.717, 1.165) is 26.2 Å². The maximum Gasteiger partial charge on any atom is 0.343 e. The Morgan fingerprint density at radius 2 is 2.00 bits per heavy atom. The van der Waals surface area contributed by atoms with Crippen molar-refractivity contribution in [3.8, 4) is 11.5 Å². The Kier molecular flexibility index (Phi) is 5.00. The minimum Gasteiger partial charge on any atom is -0.462 e. The number of likely N-dealkylation sites (N-methyl/N-ethyl adjacent to an activating group) is 1. The third-order valence-corrected chi connectivity index (χ3v) is 3.96. The molecule has 3 rings (SSSR count). The summed E-state index contributed by atoms with van der Waals surface area (Å²) < 4.78 is 5.15.